The molecule has 9 heteroatoms. The van der Waals surface area contributed by atoms with Gasteiger partial charge in [-0.2, -0.15) is 5.26 Å². The second kappa shape index (κ2) is 5.13. The largest absolute Gasteiger partial charge is 0.433 e. The van der Waals surface area contributed by atoms with Crippen LogP contribution < -0.4 is 10.5 Å². The maximum atomic E-state index is 10.9. The topological polar surface area (TPSA) is 144 Å². The number of rotatable bonds is 2. The number of nitriles is 1. The van der Waals surface area contributed by atoms with E-state index in [-0.39, 0.29) is 28.5 Å². The minimum Gasteiger partial charge on any atom is -0.420 e. The molecule has 0 bridgehead atoms. The van der Waals surface area contributed by atoms with Gasteiger partial charge in [0.1, 0.15) is 22.3 Å². The Morgan fingerprint density at radius 3 is 2.71 bits per heavy atom. The van der Waals surface area contributed by atoms with E-state index in [0.29, 0.717) is 5.56 Å². The van der Waals surface area contributed by atoms with Gasteiger partial charge in [-0.1, -0.05) is 20.8 Å². The Morgan fingerprint density at radius 2 is 2.17 bits per heavy atom. The summed E-state index contributed by atoms with van der Waals surface area (Å²) in [6.07, 6.45) is 0. The molecule has 3 rings (SSSR count). The van der Waals surface area contributed by atoms with Crippen LogP contribution in [0.2, 0.25) is 0 Å². The van der Waals surface area contributed by atoms with E-state index in [1.54, 1.807) is 0 Å². The summed E-state index contributed by atoms with van der Waals surface area (Å²) in [6.45, 7) is 5.91. The van der Waals surface area contributed by atoms with Crippen molar-refractivity contribution in [1.29, 1.82) is 5.26 Å². The molecule has 0 spiro atoms. The Morgan fingerprint density at radius 1 is 1.46 bits per heavy atom. The molecule has 0 saturated carbocycles. The molecule has 9 nitrogen and oxygen atoms in total. The number of aromatic nitrogens is 2. The first-order chi connectivity index (χ1) is 11.2. The van der Waals surface area contributed by atoms with Crippen molar-refractivity contribution in [2.45, 2.75) is 32.1 Å². The monoisotopic (exact) mass is 329 g/mol. The summed E-state index contributed by atoms with van der Waals surface area (Å²) in [5.74, 6) is -0.755. The smallest absolute Gasteiger partial charge is 0.420 e. The maximum absolute atomic E-state index is 10.9. The van der Waals surface area contributed by atoms with Gasteiger partial charge in [-0.05, 0) is 6.07 Å². The Balaban J connectivity index is 2.24. The summed E-state index contributed by atoms with van der Waals surface area (Å²) in [4.78, 5) is 10.3. The van der Waals surface area contributed by atoms with E-state index in [1.165, 1.54) is 12.1 Å². The van der Waals surface area contributed by atoms with Crippen molar-refractivity contribution in [2.75, 3.05) is 0 Å². The third-order valence-corrected chi connectivity index (χ3v) is 3.77. The Hall–Kier alpha value is -3.28. The van der Waals surface area contributed by atoms with Gasteiger partial charge in [-0.3, -0.25) is 15.2 Å². The van der Waals surface area contributed by atoms with E-state index in [4.69, 9.17) is 14.9 Å². The summed E-state index contributed by atoms with van der Waals surface area (Å²) in [7, 11) is 0. The number of fused-ring (bicyclic) bond motifs is 1. The van der Waals surface area contributed by atoms with Crippen LogP contribution in [-0.4, -0.2) is 15.1 Å². The summed E-state index contributed by atoms with van der Waals surface area (Å²) >= 11 is 0. The number of ether oxygens (including phenoxy) is 1. The highest BCUT2D eigenvalue weighted by Crippen LogP contribution is 2.46. The van der Waals surface area contributed by atoms with Crippen LogP contribution in [0.15, 0.2) is 28.0 Å². The van der Waals surface area contributed by atoms with E-state index < -0.39 is 16.7 Å². The molecular formula is C15H15N5O4. The van der Waals surface area contributed by atoms with Gasteiger partial charge in [0.25, 0.3) is 0 Å². The third kappa shape index (κ3) is 2.28. The maximum Gasteiger partial charge on any atom is 0.433 e. The van der Waals surface area contributed by atoms with Gasteiger partial charge in [-0.15, -0.1) is 5.10 Å². The second-order valence-electron chi connectivity index (χ2n) is 6.43. The Labute approximate surface area is 136 Å². The van der Waals surface area contributed by atoms with Gasteiger partial charge in [0, 0.05) is 11.1 Å². The Bertz CT molecular complexity index is 894. The molecule has 124 valence electrons. The van der Waals surface area contributed by atoms with Gasteiger partial charge in [0.05, 0.1) is 17.5 Å². The van der Waals surface area contributed by atoms with Crippen LogP contribution in [-0.2, 0) is 5.41 Å². The van der Waals surface area contributed by atoms with Gasteiger partial charge < -0.3 is 14.9 Å². The average Bonchev–Trinajstić information content (AvgIpc) is 3.11. The number of hydrogen-bond donors (Lipinski definition) is 2. The van der Waals surface area contributed by atoms with Gasteiger partial charge in [0.2, 0.25) is 11.8 Å². The zero-order valence-corrected chi connectivity index (χ0v) is 13.3. The lowest BCUT2D eigenvalue weighted by molar-refractivity contribution is -0.402. The van der Waals surface area contributed by atoms with Crippen LogP contribution in [0, 0.1) is 21.4 Å². The average molecular weight is 329 g/mol. The van der Waals surface area contributed by atoms with Crippen molar-refractivity contribution in [3.63, 3.8) is 0 Å². The lowest BCUT2D eigenvalue weighted by Gasteiger charge is -2.25. The van der Waals surface area contributed by atoms with Crippen molar-refractivity contribution in [1.82, 2.24) is 10.2 Å². The van der Waals surface area contributed by atoms with Crippen LogP contribution in [0.25, 0.3) is 0 Å². The molecule has 1 atom stereocenters. The number of aromatic amines is 1. The number of furan rings is 1. The number of nitrogens with two attached hydrogens (primary N) is 1. The van der Waals surface area contributed by atoms with Crippen LogP contribution >= 0.6 is 0 Å². The highest BCUT2D eigenvalue weighted by molar-refractivity contribution is 5.54. The van der Waals surface area contributed by atoms with E-state index in [9.17, 15) is 15.4 Å². The normalized spacial score (nSPS) is 17.2. The summed E-state index contributed by atoms with van der Waals surface area (Å²) in [5.41, 5.74) is 6.95. The number of H-pyrrole nitrogens is 1. The number of nitrogens with zero attached hydrogens (tertiary/aromatic N) is 3. The molecule has 3 heterocycles. The number of hydrogen-bond acceptors (Lipinski definition) is 7. The third-order valence-electron chi connectivity index (χ3n) is 3.77. The fourth-order valence-electron chi connectivity index (χ4n) is 2.70. The predicted molar refractivity (Wildman–Crippen MR) is 81.9 cm³/mol. The molecule has 0 aromatic carbocycles. The van der Waals surface area contributed by atoms with Crippen molar-refractivity contribution >= 4 is 5.88 Å². The molecule has 0 amide bonds. The van der Waals surface area contributed by atoms with Crippen LogP contribution in [0.5, 0.6) is 5.88 Å². The molecule has 1 aliphatic rings. The number of allylic oxidation sites excluding steroid dienone is 1. The molecule has 0 aliphatic carbocycles. The lowest BCUT2D eigenvalue weighted by Crippen LogP contribution is -2.23. The van der Waals surface area contributed by atoms with E-state index in [1.807, 2.05) is 26.8 Å². The molecule has 0 fully saturated rings. The molecule has 2 aromatic heterocycles. The molecule has 1 unspecified atom stereocenters. The van der Waals surface area contributed by atoms with Crippen molar-refractivity contribution in [3.8, 4) is 11.9 Å². The van der Waals surface area contributed by atoms with Gasteiger partial charge in [0.15, 0.2) is 0 Å². The van der Waals surface area contributed by atoms with E-state index >= 15 is 0 Å². The standard InChI is InChI=1S/C15H15N5O4/c1-15(2,3)12-11-10(8-4-5-9(23-8)20(21)22)7(6-16)13(17)24-14(11)19-18-12/h4-5,10H,17H2,1-3H3,(H,18,19). The van der Waals surface area contributed by atoms with Crippen LogP contribution in [0.4, 0.5) is 5.88 Å². The van der Waals surface area contributed by atoms with Gasteiger partial charge in [-0.25, -0.2) is 0 Å². The fourth-order valence-corrected chi connectivity index (χ4v) is 2.70. The first-order valence-corrected chi connectivity index (χ1v) is 7.14. The minimum atomic E-state index is -0.722. The first kappa shape index (κ1) is 15.6. The van der Waals surface area contributed by atoms with E-state index in [2.05, 4.69) is 10.2 Å². The van der Waals surface area contributed by atoms with Crippen molar-refractivity contribution in [3.05, 3.63) is 50.7 Å². The summed E-state index contributed by atoms with van der Waals surface area (Å²) < 4.78 is 10.8. The predicted octanol–water partition coefficient (Wildman–Crippen LogP) is 2.43. The highest BCUT2D eigenvalue weighted by Gasteiger charge is 2.40. The molecule has 2 aromatic rings. The van der Waals surface area contributed by atoms with Gasteiger partial charge >= 0.3 is 5.88 Å². The number of nitrogens with one attached hydrogen (secondary N) is 1. The molecular weight excluding hydrogens is 314 g/mol. The van der Waals surface area contributed by atoms with Crippen LogP contribution in [0.1, 0.15) is 43.7 Å². The molecule has 24 heavy (non-hydrogen) atoms. The van der Waals surface area contributed by atoms with E-state index in [0.717, 1.165) is 5.69 Å². The quantitative estimate of drug-likeness (QED) is 0.635. The molecule has 3 N–H and O–H groups in total. The molecule has 0 saturated heterocycles. The highest BCUT2D eigenvalue weighted by atomic mass is 16.6. The fraction of sp³-hybridized carbons (Fsp3) is 0.333. The van der Waals surface area contributed by atoms with Crippen molar-refractivity contribution < 1.29 is 14.1 Å². The lowest BCUT2D eigenvalue weighted by atomic mass is 9.81. The molecule has 1 aliphatic heterocycles. The Kier molecular flexibility index (Phi) is 3.33. The zero-order valence-electron chi connectivity index (χ0n) is 13.3. The summed E-state index contributed by atoms with van der Waals surface area (Å²) in [6, 6.07) is 4.71. The summed E-state index contributed by atoms with van der Waals surface area (Å²) in [5, 5.41) is 27.4. The second-order valence-corrected chi connectivity index (χ2v) is 6.43. The van der Waals surface area contributed by atoms with Crippen molar-refractivity contribution in [2.24, 2.45) is 5.73 Å². The SMILES string of the molecule is CC(C)(C)c1[nH]nc2c1C(c1ccc([N+](=O)[O-])o1)C(C#N)=C(N)O2. The number of nitro groups is 1. The van der Waals surface area contributed by atoms with Crippen LogP contribution in [0.3, 0.4) is 0 Å². The minimum absolute atomic E-state index is 0.0963. The zero-order chi connectivity index (χ0) is 17.6. The first-order valence-electron chi connectivity index (χ1n) is 7.14. The molecule has 0 radical (unpaired) electrons.